The molecule has 0 aromatic carbocycles. The number of halogens is 1. The van der Waals surface area contributed by atoms with Gasteiger partial charge in [0.25, 0.3) is 0 Å². The molecule has 0 saturated heterocycles. The SMILES string of the molecule is C=C/C(Br)=C\CCC. The Bertz CT molecular complexity index is 92.6. The maximum absolute atomic E-state index is 3.60. The number of unbranched alkanes of at least 4 members (excludes halogenated alkanes) is 1. The number of rotatable bonds is 3. The van der Waals surface area contributed by atoms with Gasteiger partial charge in [0.2, 0.25) is 0 Å². The van der Waals surface area contributed by atoms with E-state index in [1.807, 2.05) is 0 Å². The summed E-state index contributed by atoms with van der Waals surface area (Å²) in [6.45, 7) is 5.75. The molecule has 0 rings (SSSR count). The van der Waals surface area contributed by atoms with Gasteiger partial charge in [0.05, 0.1) is 0 Å². The number of hydrogen-bond donors (Lipinski definition) is 0. The zero-order chi connectivity index (χ0) is 6.41. The standard InChI is InChI=1S/C7H11Br/c1-3-5-6-7(8)4-2/h4,6H,2-3,5H2,1H3/b7-6+. The van der Waals surface area contributed by atoms with Crippen LogP contribution in [-0.4, -0.2) is 0 Å². The summed E-state index contributed by atoms with van der Waals surface area (Å²) in [5, 5.41) is 0. The van der Waals surface area contributed by atoms with Crippen molar-refractivity contribution >= 4 is 15.9 Å². The van der Waals surface area contributed by atoms with E-state index in [2.05, 4.69) is 35.5 Å². The van der Waals surface area contributed by atoms with Crippen molar-refractivity contribution in [3.05, 3.63) is 23.2 Å². The second-order valence-corrected chi connectivity index (χ2v) is 2.50. The molecule has 0 spiro atoms. The van der Waals surface area contributed by atoms with Gasteiger partial charge in [0.15, 0.2) is 0 Å². The van der Waals surface area contributed by atoms with Crippen LogP contribution in [0.4, 0.5) is 0 Å². The van der Waals surface area contributed by atoms with Crippen LogP contribution in [0.15, 0.2) is 23.2 Å². The predicted molar refractivity (Wildman–Crippen MR) is 42.1 cm³/mol. The molecule has 0 aliphatic carbocycles. The van der Waals surface area contributed by atoms with Crippen LogP contribution in [0.3, 0.4) is 0 Å². The summed E-state index contributed by atoms with van der Waals surface area (Å²) >= 11 is 3.32. The number of hydrogen-bond acceptors (Lipinski definition) is 0. The Labute approximate surface area is 59.4 Å². The molecular formula is C7H11Br. The van der Waals surface area contributed by atoms with Gasteiger partial charge in [0, 0.05) is 4.48 Å². The van der Waals surface area contributed by atoms with E-state index in [1.54, 1.807) is 6.08 Å². The third-order valence-electron chi connectivity index (χ3n) is 0.823. The van der Waals surface area contributed by atoms with Gasteiger partial charge in [-0.3, -0.25) is 0 Å². The van der Waals surface area contributed by atoms with Crippen LogP contribution >= 0.6 is 15.9 Å². The first-order valence-electron chi connectivity index (χ1n) is 2.79. The molecule has 1 heteroatoms. The van der Waals surface area contributed by atoms with Crippen LogP contribution in [0.5, 0.6) is 0 Å². The summed E-state index contributed by atoms with van der Waals surface area (Å²) in [5.41, 5.74) is 0. The lowest BCUT2D eigenvalue weighted by atomic mass is 10.3. The summed E-state index contributed by atoms with van der Waals surface area (Å²) in [4.78, 5) is 0. The van der Waals surface area contributed by atoms with Gasteiger partial charge in [-0.05, 0) is 6.42 Å². The fraction of sp³-hybridized carbons (Fsp3) is 0.429. The molecule has 8 heavy (non-hydrogen) atoms. The molecule has 0 radical (unpaired) electrons. The molecule has 0 amide bonds. The maximum Gasteiger partial charge on any atom is 0.0129 e. The average molecular weight is 175 g/mol. The van der Waals surface area contributed by atoms with E-state index < -0.39 is 0 Å². The van der Waals surface area contributed by atoms with Gasteiger partial charge < -0.3 is 0 Å². The van der Waals surface area contributed by atoms with Gasteiger partial charge in [-0.2, -0.15) is 0 Å². The lowest BCUT2D eigenvalue weighted by molar-refractivity contribution is 0.958. The first-order valence-corrected chi connectivity index (χ1v) is 3.58. The lowest BCUT2D eigenvalue weighted by Crippen LogP contribution is -1.62. The van der Waals surface area contributed by atoms with E-state index in [0.29, 0.717) is 0 Å². The molecule has 0 aliphatic rings. The molecule has 0 fully saturated rings. The largest absolute Gasteiger partial charge is 0.0980 e. The Morgan fingerprint density at radius 3 is 2.75 bits per heavy atom. The second-order valence-electron chi connectivity index (χ2n) is 1.58. The normalized spacial score (nSPS) is 11.5. The molecule has 0 heterocycles. The van der Waals surface area contributed by atoms with Crippen LogP contribution in [0.2, 0.25) is 0 Å². The van der Waals surface area contributed by atoms with Crippen LogP contribution < -0.4 is 0 Å². The lowest BCUT2D eigenvalue weighted by Gasteiger charge is -1.85. The van der Waals surface area contributed by atoms with Gasteiger partial charge in [-0.15, -0.1) is 0 Å². The Kier molecular flexibility index (Phi) is 5.08. The Balaban J connectivity index is 3.40. The van der Waals surface area contributed by atoms with E-state index in [-0.39, 0.29) is 0 Å². The van der Waals surface area contributed by atoms with Gasteiger partial charge in [-0.25, -0.2) is 0 Å². The van der Waals surface area contributed by atoms with E-state index in [1.165, 1.54) is 6.42 Å². The van der Waals surface area contributed by atoms with E-state index in [0.717, 1.165) is 10.9 Å². The highest BCUT2D eigenvalue weighted by atomic mass is 79.9. The van der Waals surface area contributed by atoms with Gasteiger partial charge >= 0.3 is 0 Å². The van der Waals surface area contributed by atoms with Crippen molar-refractivity contribution in [3.8, 4) is 0 Å². The zero-order valence-corrected chi connectivity index (χ0v) is 6.74. The van der Waals surface area contributed by atoms with Crippen LogP contribution in [0.25, 0.3) is 0 Å². The van der Waals surface area contributed by atoms with E-state index in [9.17, 15) is 0 Å². The van der Waals surface area contributed by atoms with E-state index in [4.69, 9.17) is 0 Å². The van der Waals surface area contributed by atoms with Crippen LogP contribution in [0, 0.1) is 0 Å². The summed E-state index contributed by atoms with van der Waals surface area (Å²) in [7, 11) is 0. The van der Waals surface area contributed by atoms with Crippen LogP contribution in [-0.2, 0) is 0 Å². The highest BCUT2D eigenvalue weighted by molar-refractivity contribution is 9.11. The summed E-state index contributed by atoms with van der Waals surface area (Å²) in [6.07, 6.45) is 6.25. The summed E-state index contributed by atoms with van der Waals surface area (Å²) in [6, 6.07) is 0. The smallest absolute Gasteiger partial charge is 0.0129 e. The van der Waals surface area contributed by atoms with Gasteiger partial charge in [0.1, 0.15) is 0 Å². The number of allylic oxidation sites excluding steroid dienone is 3. The van der Waals surface area contributed by atoms with Crippen molar-refractivity contribution in [2.75, 3.05) is 0 Å². The third-order valence-corrected chi connectivity index (χ3v) is 1.47. The molecule has 0 aromatic heterocycles. The molecule has 46 valence electrons. The highest BCUT2D eigenvalue weighted by Crippen LogP contribution is 2.06. The topological polar surface area (TPSA) is 0 Å². The Morgan fingerprint density at radius 1 is 1.75 bits per heavy atom. The molecule has 0 N–H and O–H groups in total. The summed E-state index contributed by atoms with van der Waals surface area (Å²) < 4.78 is 1.10. The molecule has 0 unspecified atom stereocenters. The fourth-order valence-electron chi connectivity index (χ4n) is 0.366. The minimum Gasteiger partial charge on any atom is -0.0980 e. The average Bonchev–Trinajstić information content (AvgIpc) is 1.83. The highest BCUT2D eigenvalue weighted by Gasteiger charge is 1.78. The molecular weight excluding hydrogens is 164 g/mol. The predicted octanol–water partition coefficient (Wildman–Crippen LogP) is 3.25. The monoisotopic (exact) mass is 174 g/mol. The molecule has 0 atom stereocenters. The van der Waals surface area contributed by atoms with Crippen LogP contribution in [0.1, 0.15) is 19.8 Å². The van der Waals surface area contributed by atoms with Crippen molar-refractivity contribution in [1.82, 2.24) is 0 Å². The maximum atomic E-state index is 3.60. The molecule has 0 bridgehead atoms. The molecule has 0 nitrogen and oxygen atoms in total. The molecule has 0 aliphatic heterocycles. The van der Waals surface area contributed by atoms with Crippen molar-refractivity contribution in [2.45, 2.75) is 19.8 Å². The zero-order valence-electron chi connectivity index (χ0n) is 5.15. The van der Waals surface area contributed by atoms with Crippen molar-refractivity contribution < 1.29 is 0 Å². The Morgan fingerprint density at radius 2 is 2.38 bits per heavy atom. The summed E-state index contributed by atoms with van der Waals surface area (Å²) in [5.74, 6) is 0. The second kappa shape index (κ2) is 5.10. The van der Waals surface area contributed by atoms with Gasteiger partial charge in [-0.1, -0.05) is 48.0 Å². The first-order chi connectivity index (χ1) is 3.81. The first kappa shape index (κ1) is 7.96. The Hall–Kier alpha value is -0.0400. The van der Waals surface area contributed by atoms with Crippen molar-refractivity contribution in [3.63, 3.8) is 0 Å². The minimum atomic E-state index is 1.10. The molecule has 0 aromatic rings. The minimum absolute atomic E-state index is 1.10. The molecule has 0 saturated carbocycles. The fourth-order valence-corrected chi connectivity index (χ4v) is 0.594. The third kappa shape index (κ3) is 4.13. The quantitative estimate of drug-likeness (QED) is 0.577. The van der Waals surface area contributed by atoms with Crippen molar-refractivity contribution in [1.29, 1.82) is 0 Å². The van der Waals surface area contributed by atoms with E-state index >= 15 is 0 Å². The van der Waals surface area contributed by atoms with Crippen molar-refractivity contribution in [2.24, 2.45) is 0 Å².